The summed E-state index contributed by atoms with van der Waals surface area (Å²) in [6.07, 6.45) is 0. The summed E-state index contributed by atoms with van der Waals surface area (Å²) >= 11 is 4.88. The van der Waals surface area contributed by atoms with Crippen LogP contribution in [0.2, 0.25) is 0 Å². The number of hydrogen-bond donors (Lipinski definition) is 2. The van der Waals surface area contributed by atoms with E-state index in [1.54, 1.807) is 7.11 Å². The summed E-state index contributed by atoms with van der Waals surface area (Å²) in [7, 11) is 1.63. The van der Waals surface area contributed by atoms with Gasteiger partial charge in [0.1, 0.15) is 5.75 Å². The lowest BCUT2D eigenvalue weighted by Crippen LogP contribution is -2.14. The summed E-state index contributed by atoms with van der Waals surface area (Å²) in [5.74, 6) is 0.856. The van der Waals surface area contributed by atoms with Gasteiger partial charge < -0.3 is 15.7 Å². The predicted molar refractivity (Wildman–Crippen MR) is 83.8 cm³/mol. The smallest absolute Gasteiger partial charge is 0.171 e. The van der Waals surface area contributed by atoms with Gasteiger partial charge in [0.2, 0.25) is 0 Å². The average molecular weight is 353 g/mol. The molecule has 3 N–H and O–H groups in total. The van der Waals surface area contributed by atoms with Gasteiger partial charge in [-0.1, -0.05) is 45.0 Å². The molecule has 0 heterocycles. The molecule has 104 valence electrons. The molecule has 0 bridgehead atoms. The second-order valence-corrected chi connectivity index (χ2v) is 5.88. The first kappa shape index (κ1) is 14.7. The molecule has 0 aliphatic carbocycles. The van der Waals surface area contributed by atoms with E-state index in [1.165, 1.54) is 11.8 Å². The molecule has 0 radical (unpaired) electrons. The quantitative estimate of drug-likeness (QED) is 0.381. The molecule has 0 atom stereocenters. The number of nitrogens with zero attached hydrogens (tertiary/aromatic N) is 1. The molecule has 2 rings (SSSR count). The number of halogens is 1. The van der Waals surface area contributed by atoms with E-state index in [-0.39, 0.29) is 5.84 Å². The molecule has 0 aromatic heterocycles. The van der Waals surface area contributed by atoms with Gasteiger partial charge in [-0.2, -0.15) is 0 Å². The number of methoxy groups -OCH3 is 1. The van der Waals surface area contributed by atoms with Crippen molar-refractivity contribution in [3.05, 3.63) is 52.5 Å². The zero-order valence-electron chi connectivity index (χ0n) is 10.7. The summed E-state index contributed by atoms with van der Waals surface area (Å²) in [5.41, 5.74) is 6.39. The van der Waals surface area contributed by atoms with Crippen LogP contribution in [0.15, 0.2) is 61.9 Å². The van der Waals surface area contributed by atoms with E-state index in [0.29, 0.717) is 5.56 Å². The molecule has 4 nitrogen and oxygen atoms in total. The highest BCUT2D eigenvalue weighted by molar-refractivity contribution is 9.10. The highest BCUT2D eigenvalue weighted by Gasteiger charge is 2.11. The van der Waals surface area contributed by atoms with E-state index in [2.05, 4.69) is 21.1 Å². The van der Waals surface area contributed by atoms with Crippen LogP contribution in [0.25, 0.3) is 0 Å². The minimum Gasteiger partial charge on any atom is -0.496 e. The molecular weight excluding hydrogens is 340 g/mol. The van der Waals surface area contributed by atoms with E-state index < -0.39 is 0 Å². The molecule has 2 aromatic rings. The number of hydrogen-bond acceptors (Lipinski definition) is 4. The van der Waals surface area contributed by atoms with Gasteiger partial charge in [-0.15, -0.1) is 0 Å². The number of rotatable bonds is 4. The van der Waals surface area contributed by atoms with Gasteiger partial charge >= 0.3 is 0 Å². The molecule has 0 unspecified atom stereocenters. The molecule has 0 spiro atoms. The second kappa shape index (κ2) is 6.67. The van der Waals surface area contributed by atoms with Crippen molar-refractivity contribution in [2.24, 2.45) is 10.9 Å². The molecule has 0 amide bonds. The number of nitrogens with two attached hydrogens (primary N) is 1. The third kappa shape index (κ3) is 3.26. The van der Waals surface area contributed by atoms with Gasteiger partial charge in [-0.3, -0.25) is 0 Å². The van der Waals surface area contributed by atoms with Gasteiger partial charge in [0.25, 0.3) is 0 Å². The topological polar surface area (TPSA) is 67.8 Å². The Morgan fingerprint density at radius 2 is 2.00 bits per heavy atom. The number of para-hydroxylation sites is 1. The van der Waals surface area contributed by atoms with Crippen LogP contribution >= 0.6 is 27.7 Å². The van der Waals surface area contributed by atoms with Crippen molar-refractivity contribution in [1.29, 1.82) is 0 Å². The lowest BCUT2D eigenvalue weighted by Gasteiger charge is -2.11. The molecule has 6 heteroatoms. The highest BCUT2D eigenvalue weighted by Crippen LogP contribution is 2.37. The zero-order chi connectivity index (χ0) is 14.5. The molecule has 0 aliphatic heterocycles. The predicted octanol–water partition coefficient (Wildman–Crippen LogP) is 3.70. The van der Waals surface area contributed by atoms with Crippen molar-refractivity contribution in [3.8, 4) is 5.75 Å². The van der Waals surface area contributed by atoms with Gasteiger partial charge in [-0.05, 0) is 30.3 Å². The summed E-state index contributed by atoms with van der Waals surface area (Å²) < 4.78 is 6.19. The van der Waals surface area contributed by atoms with Crippen LogP contribution in [0.3, 0.4) is 0 Å². The van der Waals surface area contributed by atoms with Gasteiger partial charge in [0, 0.05) is 14.9 Å². The highest BCUT2D eigenvalue weighted by atomic mass is 79.9. The Bertz CT molecular complexity index is 647. The second-order valence-electron chi connectivity index (χ2n) is 3.88. The Labute approximate surface area is 129 Å². The first-order valence-corrected chi connectivity index (χ1v) is 7.35. The lowest BCUT2D eigenvalue weighted by molar-refractivity contribution is 0.318. The van der Waals surface area contributed by atoms with Crippen molar-refractivity contribution in [1.82, 2.24) is 0 Å². The standard InChI is InChI=1S/C14H13BrN2O2S/c1-19-11-4-2-3-5-13(11)20-12-7-6-9(15)8-10(12)14(16)17-18/h2-8,18H,1H3,(H2,16,17). The van der Waals surface area contributed by atoms with E-state index in [9.17, 15) is 0 Å². The monoisotopic (exact) mass is 352 g/mol. The van der Waals surface area contributed by atoms with Crippen LogP contribution in [-0.2, 0) is 0 Å². The molecule has 0 aliphatic rings. The van der Waals surface area contributed by atoms with E-state index in [0.717, 1.165) is 20.0 Å². The maximum Gasteiger partial charge on any atom is 0.171 e. The van der Waals surface area contributed by atoms with Gasteiger partial charge in [0.05, 0.1) is 12.0 Å². The molecule has 20 heavy (non-hydrogen) atoms. The van der Waals surface area contributed by atoms with Crippen LogP contribution in [0.5, 0.6) is 5.75 Å². The Hall–Kier alpha value is -1.66. The van der Waals surface area contributed by atoms with Crippen LogP contribution < -0.4 is 10.5 Å². The Kier molecular flexibility index (Phi) is 4.92. The summed E-state index contributed by atoms with van der Waals surface area (Å²) in [6.45, 7) is 0. The zero-order valence-corrected chi connectivity index (χ0v) is 13.1. The molecule has 2 aromatic carbocycles. The number of amidine groups is 1. The van der Waals surface area contributed by atoms with Gasteiger partial charge in [0.15, 0.2) is 5.84 Å². The average Bonchev–Trinajstić information content (AvgIpc) is 2.48. The fourth-order valence-corrected chi connectivity index (χ4v) is 3.07. The van der Waals surface area contributed by atoms with Crippen LogP contribution in [0.1, 0.15) is 5.56 Å². The van der Waals surface area contributed by atoms with Crippen molar-refractivity contribution < 1.29 is 9.94 Å². The van der Waals surface area contributed by atoms with Gasteiger partial charge in [-0.25, -0.2) is 0 Å². The maximum atomic E-state index is 8.88. The molecule has 0 saturated carbocycles. The number of benzene rings is 2. The Morgan fingerprint density at radius 3 is 2.70 bits per heavy atom. The molecule has 0 saturated heterocycles. The summed E-state index contributed by atoms with van der Waals surface area (Å²) in [4.78, 5) is 1.84. The third-order valence-electron chi connectivity index (χ3n) is 2.61. The van der Waals surface area contributed by atoms with E-state index >= 15 is 0 Å². The van der Waals surface area contributed by atoms with Crippen LogP contribution in [0.4, 0.5) is 0 Å². The number of oxime groups is 1. The minimum absolute atomic E-state index is 0.0729. The lowest BCUT2D eigenvalue weighted by atomic mass is 10.2. The van der Waals surface area contributed by atoms with Crippen molar-refractivity contribution in [2.45, 2.75) is 9.79 Å². The third-order valence-corrected chi connectivity index (χ3v) is 4.24. The number of ether oxygens (including phenoxy) is 1. The first-order chi connectivity index (χ1) is 9.65. The van der Waals surface area contributed by atoms with E-state index in [4.69, 9.17) is 15.7 Å². The first-order valence-electron chi connectivity index (χ1n) is 5.74. The minimum atomic E-state index is 0.0729. The van der Waals surface area contributed by atoms with E-state index in [1.807, 2.05) is 42.5 Å². The SMILES string of the molecule is COc1ccccc1Sc1ccc(Br)cc1/C(N)=N/O. The normalized spacial score (nSPS) is 11.4. The van der Waals surface area contributed by atoms with Crippen molar-refractivity contribution >= 4 is 33.5 Å². The largest absolute Gasteiger partial charge is 0.496 e. The molecule has 0 fully saturated rings. The summed E-state index contributed by atoms with van der Waals surface area (Å²) in [5, 5.41) is 12.0. The maximum absolute atomic E-state index is 8.88. The summed E-state index contributed by atoms with van der Waals surface area (Å²) in [6, 6.07) is 13.3. The van der Waals surface area contributed by atoms with Crippen molar-refractivity contribution in [2.75, 3.05) is 7.11 Å². The van der Waals surface area contributed by atoms with Crippen LogP contribution in [0, 0.1) is 0 Å². The Morgan fingerprint density at radius 1 is 1.25 bits per heavy atom. The fraction of sp³-hybridized carbons (Fsp3) is 0.0714. The molecular formula is C14H13BrN2O2S. The van der Waals surface area contributed by atoms with Crippen LogP contribution in [-0.4, -0.2) is 18.2 Å². The fourth-order valence-electron chi connectivity index (χ4n) is 1.67. The van der Waals surface area contributed by atoms with Crippen molar-refractivity contribution in [3.63, 3.8) is 0 Å². The Balaban J connectivity index is 2.43.